The minimum atomic E-state index is -0.0568. The van der Waals surface area contributed by atoms with Gasteiger partial charge in [0.2, 0.25) is 5.91 Å². The van der Waals surface area contributed by atoms with Crippen LogP contribution in [0, 0.1) is 6.92 Å². The molecule has 0 aromatic heterocycles. The van der Waals surface area contributed by atoms with E-state index in [1.54, 1.807) is 0 Å². The van der Waals surface area contributed by atoms with Crippen molar-refractivity contribution in [3.63, 3.8) is 0 Å². The van der Waals surface area contributed by atoms with E-state index in [9.17, 15) is 4.79 Å². The molecule has 1 fully saturated rings. The fourth-order valence-electron chi connectivity index (χ4n) is 2.62. The number of aryl methyl sites for hydroxylation is 1. The zero-order valence-corrected chi connectivity index (χ0v) is 15.9. The van der Waals surface area contributed by atoms with Crippen molar-refractivity contribution in [2.45, 2.75) is 39.8 Å². The lowest BCUT2D eigenvalue weighted by Gasteiger charge is -2.16. The summed E-state index contributed by atoms with van der Waals surface area (Å²) in [6, 6.07) is 6.13. The summed E-state index contributed by atoms with van der Waals surface area (Å²) in [5.74, 6) is 1.40. The van der Waals surface area contributed by atoms with Gasteiger partial charge in [0.05, 0.1) is 26.3 Å². The Kier molecular flexibility index (Phi) is 8.21. The van der Waals surface area contributed by atoms with Gasteiger partial charge in [-0.3, -0.25) is 4.79 Å². The molecular formula is C19H30N4O3. The minimum absolute atomic E-state index is 0.0568. The van der Waals surface area contributed by atoms with E-state index in [0.29, 0.717) is 25.7 Å². The predicted octanol–water partition coefficient (Wildman–Crippen LogP) is 1.35. The molecule has 7 nitrogen and oxygen atoms in total. The third-order valence-electron chi connectivity index (χ3n) is 3.95. The summed E-state index contributed by atoms with van der Waals surface area (Å²) in [5, 5.41) is 8.95. The molecule has 3 N–H and O–H groups in total. The summed E-state index contributed by atoms with van der Waals surface area (Å²) in [7, 11) is 0. The Morgan fingerprint density at radius 2 is 2.08 bits per heavy atom. The first-order valence-corrected chi connectivity index (χ1v) is 9.25. The van der Waals surface area contributed by atoms with Gasteiger partial charge in [0.25, 0.3) is 0 Å². The van der Waals surface area contributed by atoms with Crippen LogP contribution in [0.25, 0.3) is 0 Å². The molecule has 1 aliphatic heterocycles. The lowest BCUT2D eigenvalue weighted by atomic mass is 10.1. The van der Waals surface area contributed by atoms with Gasteiger partial charge in [0.1, 0.15) is 11.9 Å². The quantitative estimate of drug-likeness (QED) is 0.480. The molecule has 1 atom stereocenters. The van der Waals surface area contributed by atoms with Crippen molar-refractivity contribution in [2.24, 2.45) is 4.99 Å². The number of nitrogens with zero attached hydrogens (tertiary/aromatic N) is 1. The number of aliphatic imine (C=N–C) groups is 1. The number of carbonyl (C=O) groups excluding carboxylic acids is 1. The first-order valence-electron chi connectivity index (χ1n) is 9.25. The number of carbonyl (C=O) groups is 1. The highest BCUT2D eigenvalue weighted by atomic mass is 16.5. The van der Waals surface area contributed by atoms with Gasteiger partial charge in [-0.15, -0.1) is 0 Å². The molecule has 1 aromatic rings. The van der Waals surface area contributed by atoms with E-state index in [1.807, 2.05) is 32.9 Å². The Morgan fingerprint density at radius 1 is 1.27 bits per heavy atom. The van der Waals surface area contributed by atoms with E-state index in [0.717, 1.165) is 36.4 Å². The van der Waals surface area contributed by atoms with Crippen LogP contribution in [0.5, 0.6) is 5.75 Å². The fraction of sp³-hybridized carbons (Fsp3) is 0.579. The summed E-state index contributed by atoms with van der Waals surface area (Å²) < 4.78 is 11.5. The topological polar surface area (TPSA) is 84.0 Å². The average molecular weight is 362 g/mol. The predicted molar refractivity (Wildman–Crippen MR) is 103 cm³/mol. The van der Waals surface area contributed by atoms with Crippen LogP contribution in [0.3, 0.4) is 0 Å². The van der Waals surface area contributed by atoms with Crippen molar-refractivity contribution in [1.82, 2.24) is 16.0 Å². The SMILES string of the molecule is CCNC(=O)CNC(=NCc1ccc(C)cc1OC1CCOC1)NCC. The summed E-state index contributed by atoms with van der Waals surface area (Å²) in [4.78, 5) is 16.2. The maximum absolute atomic E-state index is 11.6. The highest BCUT2D eigenvalue weighted by Crippen LogP contribution is 2.24. The van der Waals surface area contributed by atoms with Gasteiger partial charge in [-0.25, -0.2) is 4.99 Å². The van der Waals surface area contributed by atoms with Crippen LogP contribution in [0.15, 0.2) is 23.2 Å². The molecule has 1 aliphatic rings. The maximum atomic E-state index is 11.6. The zero-order chi connectivity index (χ0) is 18.8. The normalized spacial score (nSPS) is 17.0. The van der Waals surface area contributed by atoms with Crippen LogP contribution in [0.1, 0.15) is 31.4 Å². The summed E-state index contributed by atoms with van der Waals surface area (Å²) >= 11 is 0. The average Bonchev–Trinajstić information content (AvgIpc) is 3.12. The third kappa shape index (κ3) is 6.55. The number of hydrogen-bond donors (Lipinski definition) is 3. The molecule has 144 valence electrons. The Balaban J connectivity index is 2.03. The van der Waals surface area contributed by atoms with Gasteiger partial charge < -0.3 is 25.4 Å². The number of hydrogen-bond acceptors (Lipinski definition) is 4. The third-order valence-corrected chi connectivity index (χ3v) is 3.95. The molecule has 0 saturated carbocycles. The van der Waals surface area contributed by atoms with Gasteiger partial charge in [-0.1, -0.05) is 12.1 Å². The maximum Gasteiger partial charge on any atom is 0.239 e. The molecule has 0 spiro atoms. The Labute approximate surface area is 155 Å². The molecule has 1 amide bonds. The number of amides is 1. The molecular weight excluding hydrogens is 332 g/mol. The van der Waals surface area contributed by atoms with E-state index in [2.05, 4.69) is 27.0 Å². The number of rotatable bonds is 8. The van der Waals surface area contributed by atoms with Crippen LogP contribution in [-0.2, 0) is 16.1 Å². The van der Waals surface area contributed by atoms with Crippen LogP contribution < -0.4 is 20.7 Å². The first-order chi connectivity index (χ1) is 12.6. The number of guanidine groups is 1. The molecule has 1 saturated heterocycles. The Hall–Kier alpha value is -2.28. The van der Waals surface area contributed by atoms with Gasteiger partial charge in [0, 0.05) is 25.1 Å². The van der Waals surface area contributed by atoms with E-state index >= 15 is 0 Å². The van der Waals surface area contributed by atoms with E-state index in [-0.39, 0.29) is 18.6 Å². The number of likely N-dealkylation sites (N-methyl/N-ethyl adjacent to an activating group) is 1. The van der Waals surface area contributed by atoms with Crippen molar-refractivity contribution in [2.75, 3.05) is 32.8 Å². The van der Waals surface area contributed by atoms with Crippen molar-refractivity contribution in [1.29, 1.82) is 0 Å². The van der Waals surface area contributed by atoms with E-state index in [4.69, 9.17) is 9.47 Å². The van der Waals surface area contributed by atoms with E-state index < -0.39 is 0 Å². The van der Waals surface area contributed by atoms with Gasteiger partial charge in [0.15, 0.2) is 5.96 Å². The van der Waals surface area contributed by atoms with Crippen molar-refractivity contribution in [3.05, 3.63) is 29.3 Å². The second-order valence-corrected chi connectivity index (χ2v) is 6.22. The van der Waals surface area contributed by atoms with Crippen LogP contribution in [0.2, 0.25) is 0 Å². The van der Waals surface area contributed by atoms with Gasteiger partial charge in [-0.05, 0) is 32.4 Å². The lowest BCUT2D eigenvalue weighted by Crippen LogP contribution is -2.43. The summed E-state index contributed by atoms with van der Waals surface area (Å²) in [6.45, 7) is 9.30. The lowest BCUT2D eigenvalue weighted by molar-refractivity contribution is -0.119. The molecule has 0 radical (unpaired) electrons. The molecule has 0 aliphatic carbocycles. The van der Waals surface area contributed by atoms with Gasteiger partial charge >= 0.3 is 0 Å². The smallest absolute Gasteiger partial charge is 0.239 e. The highest BCUT2D eigenvalue weighted by Gasteiger charge is 2.18. The zero-order valence-electron chi connectivity index (χ0n) is 15.9. The number of ether oxygens (including phenoxy) is 2. The highest BCUT2D eigenvalue weighted by molar-refractivity contribution is 5.86. The van der Waals surface area contributed by atoms with Crippen LogP contribution >= 0.6 is 0 Å². The van der Waals surface area contributed by atoms with E-state index in [1.165, 1.54) is 0 Å². The number of benzene rings is 1. The second kappa shape index (κ2) is 10.7. The van der Waals surface area contributed by atoms with Crippen LogP contribution in [-0.4, -0.2) is 50.8 Å². The molecule has 1 unspecified atom stereocenters. The molecule has 2 rings (SSSR count). The molecule has 7 heteroatoms. The van der Waals surface area contributed by atoms with Crippen molar-refractivity contribution >= 4 is 11.9 Å². The summed E-state index contributed by atoms with van der Waals surface area (Å²) in [6.07, 6.45) is 1.01. The standard InChI is InChI=1S/C19H30N4O3/c1-4-20-18(24)12-23-19(21-5-2)22-11-15-7-6-14(3)10-17(15)26-16-8-9-25-13-16/h6-7,10,16H,4-5,8-9,11-13H2,1-3H3,(H,20,24)(H2,21,22,23). The molecule has 0 bridgehead atoms. The largest absolute Gasteiger partial charge is 0.488 e. The fourth-order valence-corrected chi connectivity index (χ4v) is 2.62. The van der Waals surface area contributed by atoms with Crippen LogP contribution in [0.4, 0.5) is 0 Å². The van der Waals surface area contributed by atoms with Gasteiger partial charge in [-0.2, -0.15) is 0 Å². The molecule has 1 heterocycles. The van der Waals surface area contributed by atoms with Crippen molar-refractivity contribution < 1.29 is 14.3 Å². The monoisotopic (exact) mass is 362 g/mol. The number of nitrogens with one attached hydrogen (secondary N) is 3. The van der Waals surface area contributed by atoms with Crippen molar-refractivity contribution in [3.8, 4) is 5.75 Å². The minimum Gasteiger partial charge on any atom is -0.488 e. The Morgan fingerprint density at radius 3 is 2.77 bits per heavy atom. The summed E-state index contributed by atoms with van der Waals surface area (Å²) in [5.41, 5.74) is 2.16. The second-order valence-electron chi connectivity index (χ2n) is 6.22. The first kappa shape index (κ1) is 20.0. The molecule has 1 aromatic carbocycles. The molecule has 26 heavy (non-hydrogen) atoms. The Bertz CT molecular complexity index is 613.